The molecule has 0 spiro atoms. The van der Waals surface area contributed by atoms with Gasteiger partial charge in [-0.15, -0.1) is 11.3 Å². The van der Waals surface area contributed by atoms with Crippen LogP contribution < -0.4 is 0 Å². The predicted molar refractivity (Wildman–Crippen MR) is 76.8 cm³/mol. The number of aryl methyl sites for hydroxylation is 1. The van der Waals surface area contributed by atoms with E-state index in [4.69, 9.17) is 0 Å². The fourth-order valence-electron chi connectivity index (χ4n) is 2.25. The number of hydrogen-bond donors (Lipinski definition) is 0. The summed E-state index contributed by atoms with van der Waals surface area (Å²) >= 11 is 1.74. The predicted octanol–water partition coefficient (Wildman–Crippen LogP) is 3.72. The normalized spacial score (nSPS) is 16.9. The van der Waals surface area contributed by atoms with Crippen LogP contribution in [0.15, 0.2) is 17.5 Å². The van der Waals surface area contributed by atoms with Gasteiger partial charge >= 0.3 is 0 Å². The zero-order valence-corrected chi connectivity index (χ0v) is 12.4. The first-order chi connectivity index (χ1) is 8.59. The van der Waals surface area contributed by atoms with Crippen molar-refractivity contribution in [1.29, 1.82) is 0 Å². The number of nitrogens with zero attached hydrogens (tertiary/aromatic N) is 1. The van der Waals surface area contributed by atoms with Gasteiger partial charge < -0.3 is 4.90 Å². The summed E-state index contributed by atoms with van der Waals surface area (Å²) in [6.45, 7) is 6.59. The summed E-state index contributed by atoms with van der Waals surface area (Å²) in [5, 5.41) is 2.08. The van der Waals surface area contributed by atoms with Crippen LogP contribution in [-0.4, -0.2) is 22.9 Å². The molecule has 0 saturated heterocycles. The first-order valence-electron chi connectivity index (χ1n) is 6.93. The highest BCUT2D eigenvalue weighted by Gasteiger charge is 2.36. The van der Waals surface area contributed by atoms with Gasteiger partial charge in [0.2, 0.25) is 5.91 Å². The monoisotopic (exact) mass is 265 g/mol. The van der Waals surface area contributed by atoms with Gasteiger partial charge in [0.05, 0.1) is 0 Å². The van der Waals surface area contributed by atoms with Crippen molar-refractivity contribution in [2.45, 2.75) is 58.5 Å². The largest absolute Gasteiger partial charge is 0.337 e. The number of thiophene rings is 1. The molecule has 2 nitrogen and oxygen atoms in total. The molecule has 0 bridgehead atoms. The highest BCUT2D eigenvalue weighted by atomic mass is 32.1. The molecule has 0 aromatic carbocycles. The molecule has 1 aliphatic rings. The Morgan fingerprint density at radius 1 is 1.44 bits per heavy atom. The highest BCUT2D eigenvalue weighted by molar-refractivity contribution is 7.09. The maximum absolute atomic E-state index is 12.4. The second-order valence-corrected chi connectivity index (χ2v) is 6.63. The minimum absolute atomic E-state index is 0.340. The zero-order valence-electron chi connectivity index (χ0n) is 11.6. The van der Waals surface area contributed by atoms with Gasteiger partial charge in [-0.25, -0.2) is 0 Å². The van der Waals surface area contributed by atoms with Crippen molar-refractivity contribution in [3.63, 3.8) is 0 Å². The van der Waals surface area contributed by atoms with Gasteiger partial charge in [-0.05, 0) is 43.6 Å². The molecule has 1 heterocycles. The van der Waals surface area contributed by atoms with Crippen LogP contribution in [-0.2, 0) is 11.2 Å². The average Bonchev–Trinajstić information content (AvgIpc) is 3.02. The van der Waals surface area contributed by atoms with Gasteiger partial charge in [-0.3, -0.25) is 4.79 Å². The molecule has 0 radical (unpaired) electrons. The van der Waals surface area contributed by atoms with Crippen LogP contribution in [0.25, 0.3) is 0 Å². The summed E-state index contributed by atoms with van der Waals surface area (Å²) in [6.07, 6.45) is 3.95. The van der Waals surface area contributed by atoms with Crippen LogP contribution in [0.1, 0.15) is 44.9 Å². The molecule has 0 aliphatic heterocycles. The van der Waals surface area contributed by atoms with Crippen LogP contribution in [0.2, 0.25) is 0 Å². The molecule has 1 saturated carbocycles. The van der Waals surface area contributed by atoms with Crippen molar-refractivity contribution in [1.82, 2.24) is 4.90 Å². The van der Waals surface area contributed by atoms with E-state index in [0.29, 0.717) is 30.3 Å². The molecule has 100 valence electrons. The molecule has 3 heteroatoms. The van der Waals surface area contributed by atoms with Gasteiger partial charge in [-0.1, -0.05) is 19.9 Å². The molecule has 0 N–H and O–H groups in total. The summed E-state index contributed by atoms with van der Waals surface area (Å²) in [4.78, 5) is 15.9. The first-order valence-corrected chi connectivity index (χ1v) is 7.81. The molecule has 1 amide bonds. The molecular formula is C15H23NOS. The van der Waals surface area contributed by atoms with E-state index in [2.05, 4.69) is 43.2 Å². The third-order valence-electron chi connectivity index (χ3n) is 3.80. The lowest BCUT2D eigenvalue weighted by molar-refractivity contribution is -0.134. The molecule has 1 aromatic rings. The van der Waals surface area contributed by atoms with Crippen LogP contribution >= 0.6 is 11.3 Å². The fourth-order valence-corrected chi connectivity index (χ4v) is 2.96. The summed E-state index contributed by atoms with van der Waals surface area (Å²) in [5.41, 5.74) is 0. The van der Waals surface area contributed by atoms with E-state index in [1.165, 1.54) is 17.7 Å². The molecule has 18 heavy (non-hydrogen) atoms. The lowest BCUT2D eigenvalue weighted by Gasteiger charge is -2.32. The SMILES string of the molecule is CC(C)C(C)N(C(=O)CCc1cccs1)C1CC1. The molecular weight excluding hydrogens is 242 g/mol. The standard InChI is InChI=1S/C15H23NOS/c1-11(2)12(3)16(13-6-7-13)15(17)9-8-14-5-4-10-18-14/h4-5,10-13H,6-9H2,1-3H3. The van der Waals surface area contributed by atoms with Gasteiger partial charge in [0.15, 0.2) is 0 Å². The number of carbonyl (C=O) groups excluding carboxylic acids is 1. The average molecular weight is 265 g/mol. The van der Waals surface area contributed by atoms with E-state index in [9.17, 15) is 4.79 Å². The van der Waals surface area contributed by atoms with Gasteiger partial charge in [0.1, 0.15) is 0 Å². The Kier molecular flexibility index (Phi) is 4.44. The second-order valence-electron chi connectivity index (χ2n) is 5.60. The number of hydrogen-bond acceptors (Lipinski definition) is 2. The molecule has 1 unspecified atom stereocenters. The fraction of sp³-hybridized carbons (Fsp3) is 0.667. The van der Waals surface area contributed by atoms with E-state index in [0.717, 1.165) is 6.42 Å². The van der Waals surface area contributed by atoms with Crippen molar-refractivity contribution in [3.05, 3.63) is 22.4 Å². The maximum atomic E-state index is 12.4. The van der Waals surface area contributed by atoms with Crippen LogP contribution in [0.3, 0.4) is 0 Å². The third-order valence-corrected chi connectivity index (χ3v) is 4.73. The Balaban J connectivity index is 1.91. The van der Waals surface area contributed by atoms with Crippen molar-refractivity contribution < 1.29 is 4.79 Å². The smallest absolute Gasteiger partial charge is 0.223 e. The topological polar surface area (TPSA) is 20.3 Å². The summed E-state index contributed by atoms with van der Waals surface area (Å²) in [5.74, 6) is 0.878. The zero-order chi connectivity index (χ0) is 13.1. The minimum atomic E-state index is 0.340. The quantitative estimate of drug-likeness (QED) is 0.767. The van der Waals surface area contributed by atoms with Gasteiger partial charge in [0.25, 0.3) is 0 Å². The van der Waals surface area contributed by atoms with Crippen molar-refractivity contribution >= 4 is 17.2 Å². The van der Waals surface area contributed by atoms with E-state index >= 15 is 0 Å². The first kappa shape index (κ1) is 13.6. The van der Waals surface area contributed by atoms with Crippen molar-refractivity contribution in [2.24, 2.45) is 5.92 Å². The summed E-state index contributed by atoms with van der Waals surface area (Å²) in [6, 6.07) is 5.07. The maximum Gasteiger partial charge on any atom is 0.223 e. The van der Waals surface area contributed by atoms with Crippen LogP contribution in [0, 0.1) is 5.92 Å². The molecule has 1 fully saturated rings. The van der Waals surface area contributed by atoms with Crippen molar-refractivity contribution in [2.75, 3.05) is 0 Å². The number of rotatable bonds is 6. The minimum Gasteiger partial charge on any atom is -0.337 e. The molecule has 1 atom stereocenters. The second kappa shape index (κ2) is 5.87. The lowest BCUT2D eigenvalue weighted by atomic mass is 10.0. The van der Waals surface area contributed by atoms with Gasteiger partial charge in [0, 0.05) is 23.4 Å². The Morgan fingerprint density at radius 2 is 2.17 bits per heavy atom. The lowest BCUT2D eigenvalue weighted by Crippen LogP contribution is -2.43. The van der Waals surface area contributed by atoms with Crippen LogP contribution in [0.5, 0.6) is 0 Å². The molecule has 1 aromatic heterocycles. The highest BCUT2D eigenvalue weighted by Crippen LogP contribution is 2.31. The summed E-state index contributed by atoms with van der Waals surface area (Å²) < 4.78 is 0. The van der Waals surface area contributed by atoms with Crippen LogP contribution in [0.4, 0.5) is 0 Å². The van der Waals surface area contributed by atoms with Crippen molar-refractivity contribution in [3.8, 4) is 0 Å². The third kappa shape index (κ3) is 3.35. The number of carbonyl (C=O) groups is 1. The molecule has 1 aliphatic carbocycles. The Morgan fingerprint density at radius 3 is 2.67 bits per heavy atom. The summed E-state index contributed by atoms with van der Waals surface area (Å²) in [7, 11) is 0. The van der Waals surface area contributed by atoms with E-state index in [1.54, 1.807) is 11.3 Å². The van der Waals surface area contributed by atoms with E-state index in [1.807, 2.05) is 0 Å². The van der Waals surface area contributed by atoms with Gasteiger partial charge in [-0.2, -0.15) is 0 Å². The Hall–Kier alpha value is -0.830. The van der Waals surface area contributed by atoms with E-state index < -0.39 is 0 Å². The number of amides is 1. The Bertz CT molecular complexity index is 381. The van der Waals surface area contributed by atoms with E-state index in [-0.39, 0.29) is 0 Å². The molecule has 2 rings (SSSR count). The Labute approximate surface area is 114 Å².